The number of rotatable bonds is 3. The molecule has 0 bridgehead atoms. The van der Waals surface area contributed by atoms with Crippen LogP contribution in [0.3, 0.4) is 0 Å². The zero-order chi connectivity index (χ0) is 15.3. The van der Waals surface area contributed by atoms with Gasteiger partial charge in [0.2, 0.25) is 0 Å². The summed E-state index contributed by atoms with van der Waals surface area (Å²) in [6, 6.07) is 7.94. The first kappa shape index (κ1) is 15.5. The van der Waals surface area contributed by atoms with Gasteiger partial charge in [0.1, 0.15) is 11.3 Å². The van der Waals surface area contributed by atoms with Gasteiger partial charge in [0.15, 0.2) is 0 Å². The van der Waals surface area contributed by atoms with E-state index >= 15 is 0 Å². The molecule has 0 unspecified atom stereocenters. The molecule has 0 spiro atoms. The molecular formula is C15H17F3N2O. The van der Waals surface area contributed by atoms with Gasteiger partial charge in [-0.3, -0.25) is 0 Å². The summed E-state index contributed by atoms with van der Waals surface area (Å²) in [4.78, 5) is 0. The third-order valence-electron chi connectivity index (χ3n) is 3.62. The highest BCUT2D eigenvalue weighted by Gasteiger charge is 2.32. The van der Waals surface area contributed by atoms with Gasteiger partial charge in [-0.25, -0.2) is 0 Å². The van der Waals surface area contributed by atoms with Crippen molar-refractivity contribution in [1.82, 2.24) is 0 Å². The number of anilines is 1. The van der Waals surface area contributed by atoms with Crippen LogP contribution in [0, 0.1) is 11.3 Å². The van der Waals surface area contributed by atoms with Gasteiger partial charge in [0, 0.05) is 11.8 Å². The Morgan fingerprint density at radius 1 is 1.14 bits per heavy atom. The molecule has 1 fully saturated rings. The van der Waals surface area contributed by atoms with E-state index in [4.69, 9.17) is 0 Å². The summed E-state index contributed by atoms with van der Waals surface area (Å²) in [5.41, 5.74) is -0.229. The second kappa shape index (κ2) is 6.25. The maximum absolute atomic E-state index is 12.2. The maximum Gasteiger partial charge on any atom is 0.573 e. The number of nitrogens with zero attached hydrogens (tertiary/aromatic N) is 1. The van der Waals surface area contributed by atoms with Crippen molar-refractivity contribution in [2.45, 2.75) is 50.4 Å². The average molecular weight is 298 g/mol. The lowest BCUT2D eigenvalue weighted by Gasteiger charge is -2.27. The Balaban J connectivity index is 2.14. The van der Waals surface area contributed by atoms with Crippen LogP contribution in [0.25, 0.3) is 0 Å². The number of nitrogens with one attached hydrogen (secondary N) is 1. The summed E-state index contributed by atoms with van der Waals surface area (Å²) in [7, 11) is 0. The molecule has 0 amide bonds. The molecule has 1 aromatic carbocycles. The Hall–Kier alpha value is -1.90. The molecule has 1 N–H and O–H groups in total. The molecule has 2 rings (SSSR count). The molecule has 1 aromatic rings. The first-order valence-corrected chi connectivity index (χ1v) is 6.98. The summed E-state index contributed by atoms with van der Waals surface area (Å²) in [6.07, 6.45) is 0.749. The smallest absolute Gasteiger partial charge is 0.406 e. The molecule has 0 heterocycles. The number of alkyl halides is 3. The van der Waals surface area contributed by atoms with Crippen molar-refractivity contribution in [3.05, 3.63) is 24.3 Å². The molecule has 1 saturated carbocycles. The van der Waals surface area contributed by atoms with Gasteiger partial charge >= 0.3 is 6.36 Å². The van der Waals surface area contributed by atoms with Crippen LogP contribution in [0.5, 0.6) is 5.75 Å². The topological polar surface area (TPSA) is 45.0 Å². The van der Waals surface area contributed by atoms with Gasteiger partial charge in [-0.15, -0.1) is 13.2 Å². The molecule has 114 valence electrons. The minimum absolute atomic E-state index is 0.283. The second-order valence-electron chi connectivity index (χ2n) is 5.31. The van der Waals surface area contributed by atoms with Crippen molar-refractivity contribution in [2.75, 3.05) is 5.32 Å². The Morgan fingerprint density at radius 3 is 2.38 bits per heavy atom. The molecule has 0 aliphatic heterocycles. The van der Waals surface area contributed by atoms with Gasteiger partial charge in [-0.1, -0.05) is 31.7 Å². The van der Waals surface area contributed by atoms with Crippen molar-refractivity contribution in [3.8, 4) is 11.8 Å². The highest BCUT2D eigenvalue weighted by molar-refractivity contribution is 5.51. The van der Waals surface area contributed by atoms with Crippen LogP contribution in [0.15, 0.2) is 24.3 Å². The lowest BCUT2D eigenvalue weighted by Crippen LogP contribution is -2.36. The minimum Gasteiger partial charge on any atom is -0.406 e. The van der Waals surface area contributed by atoms with Gasteiger partial charge < -0.3 is 10.1 Å². The van der Waals surface area contributed by atoms with Crippen LogP contribution in [0.2, 0.25) is 0 Å². The molecule has 3 nitrogen and oxygen atoms in total. The van der Waals surface area contributed by atoms with Gasteiger partial charge in [0.25, 0.3) is 0 Å². The van der Waals surface area contributed by atoms with Gasteiger partial charge in [0.05, 0.1) is 6.07 Å². The van der Waals surface area contributed by atoms with E-state index in [2.05, 4.69) is 16.1 Å². The summed E-state index contributed by atoms with van der Waals surface area (Å²) in [6.45, 7) is 0. The van der Waals surface area contributed by atoms with E-state index in [1.165, 1.54) is 18.2 Å². The molecular weight excluding hydrogens is 281 g/mol. The SMILES string of the molecule is N#CC1(Nc2cccc(OC(F)(F)F)c2)CCCCCC1. The lowest BCUT2D eigenvalue weighted by molar-refractivity contribution is -0.274. The predicted molar refractivity (Wildman–Crippen MR) is 72.8 cm³/mol. The average Bonchev–Trinajstić information content (AvgIpc) is 2.63. The molecule has 0 radical (unpaired) electrons. The second-order valence-corrected chi connectivity index (χ2v) is 5.31. The monoisotopic (exact) mass is 298 g/mol. The summed E-state index contributed by atoms with van der Waals surface area (Å²) >= 11 is 0. The van der Waals surface area contributed by atoms with Gasteiger partial charge in [-0.2, -0.15) is 5.26 Å². The number of ether oxygens (including phenoxy) is 1. The molecule has 1 aliphatic carbocycles. The van der Waals surface area contributed by atoms with Crippen LogP contribution >= 0.6 is 0 Å². The van der Waals surface area contributed by atoms with Crippen LogP contribution in [-0.4, -0.2) is 11.9 Å². The van der Waals surface area contributed by atoms with E-state index in [1.54, 1.807) is 6.07 Å². The summed E-state index contributed by atoms with van der Waals surface area (Å²) in [5, 5.41) is 12.6. The van der Waals surface area contributed by atoms with Crippen LogP contribution in [0.1, 0.15) is 38.5 Å². The number of halogens is 3. The summed E-state index contributed by atoms with van der Waals surface area (Å²) < 4.78 is 40.6. The Labute approximate surface area is 121 Å². The van der Waals surface area contributed by atoms with E-state index in [-0.39, 0.29) is 5.75 Å². The van der Waals surface area contributed by atoms with E-state index in [1.807, 2.05) is 0 Å². The van der Waals surface area contributed by atoms with Crippen LogP contribution in [-0.2, 0) is 0 Å². The number of hydrogen-bond donors (Lipinski definition) is 1. The number of hydrogen-bond acceptors (Lipinski definition) is 3. The Morgan fingerprint density at radius 2 is 1.81 bits per heavy atom. The fourth-order valence-corrected chi connectivity index (χ4v) is 2.64. The van der Waals surface area contributed by atoms with Crippen LogP contribution in [0.4, 0.5) is 18.9 Å². The highest BCUT2D eigenvalue weighted by atomic mass is 19.4. The normalized spacial score (nSPS) is 18.4. The number of benzene rings is 1. The largest absolute Gasteiger partial charge is 0.573 e. The highest BCUT2D eigenvalue weighted by Crippen LogP contribution is 2.32. The summed E-state index contributed by atoms with van der Waals surface area (Å²) in [5.74, 6) is -0.283. The lowest BCUT2D eigenvalue weighted by atomic mass is 9.91. The maximum atomic E-state index is 12.2. The van der Waals surface area contributed by atoms with E-state index in [9.17, 15) is 18.4 Å². The Bertz CT molecular complexity index is 514. The van der Waals surface area contributed by atoms with E-state index in [0.29, 0.717) is 18.5 Å². The third kappa shape index (κ3) is 4.55. The predicted octanol–water partition coefficient (Wildman–Crippen LogP) is 4.61. The fraction of sp³-hybridized carbons (Fsp3) is 0.533. The molecule has 0 saturated heterocycles. The van der Waals surface area contributed by atoms with Crippen molar-refractivity contribution >= 4 is 5.69 Å². The molecule has 0 atom stereocenters. The zero-order valence-corrected chi connectivity index (χ0v) is 11.5. The first-order valence-electron chi connectivity index (χ1n) is 6.98. The van der Waals surface area contributed by atoms with Crippen molar-refractivity contribution in [2.24, 2.45) is 0 Å². The molecule has 0 aromatic heterocycles. The van der Waals surface area contributed by atoms with Gasteiger partial charge in [-0.05, 0) is 25.0 Å². The zero-order valence-electron chi connectivity index (χ0n) is 11.5. The quantitative estimate of drug-likeness (QED) is 0.829. The van der Waals surface area contributed by atoms with Crippen molar-refractivity contribution in [3.63, 3.8) is 0 Å². The third-order valence-corrected chi connectivity index (χ3v) is 3.62. The van der Waals surface area contributed by atoms with Crippen molar-refractivity contribution in [1.29, 1.82) is 5.26 Å². The Kier molecular flexibility index (Phi) is 4.61. The molecule has 21 heavy (non-hydrogen) atoms. The standard InChI is InChI=1S/C15H17F3N2O/c16-15(17,18)21-13-7-5-6-12(10-13)20-14(11-19)8-3-1-2-4-9-14/h5-7,10,20H,1-4,8-9H2. The first-order chi connectivity index (χ1) is 9.92. The molecule has 1 aliphatic rings. The van der Waals surface area contributed by atoms with E-state index in [0.717, 1.165) is 25.7 Å². The molecule has 6 heteroatoms. The van der Waals surface area contributed by atoms with Crippen LogP contribution < -0.4 is 10.1 Å². The number of nitriles is 1. The van der Waals surface area contributed by atoms with E-state index < -0.39 is 11.9 Å². The van der Waals surface area contributed by atoms with Crippen molar-refractivity contribution < 1.29 is 17.9 Å². The minimum atomic E-state index is -4.71. The fourth-order valence-electron chi connectivity index (χ4n) is 2.64.